The molecule has 0 aliphatic heterocycles. The molecule has 1 heterocycles. The molecule has 3 rings (SSSR count). The number of rotatable bonds is 5. The van der Waals surface area contributed by atoms with E-state index in [0.717, 1.165) is 11.3 Å². The number of hydrogen-bond acceptors (Lipinski definition) is 3. The smallest absolute Gasteiger partial charge is 0.295 e. The van der Waals surface area contributed by atoms with Crippen molar-refractivity contribution in [3.63, 3.8) is 0 Å². The number of nitrogens with zero attached hydrogens (tertiary/aromatic N) is 3. The lowest BCUT2D eigenvalue weighted by Crippen LogP contribution is -2.23. The first-order chi connectivity index (χ1) is 13.0. The van der Waals surface area contributed by atoms with Gasteiger partial charge in [-0.3, -0.25) is 14.3 Å². The predicted octanol–water partition coefficient (Wildman–Crippen LogP) is 2.93. The van der Waals surface area contributed by atoms with E-state index < -0.39 is 0 Å². The van der Waals surface area contributed by atoms with Crippen LogP contribution in [0.3, 0.4) is 0 Å². The summed E-state index contributed by atoms with van der Waals surface area (Å²) >= 11 is 0. The van der Waals surface area contributed by atoms with Crippen LogP contribution < -0.4 is 10.9 Å². The SMILES string of the molecule is Cc1c(NC(=O)CCc2ccccc2C#N)c(=O)n(-c2ccccc2)n1C. The standard InChI is InChI=1S/C21H20N4O2/c1-15-20(21(27)25(24(15)2)18-10-4-3-5-11-18)23-19(26)13-12-16-8-6-7-9-17(16)14-22/h3-11H,12-13H2,1-2H3,(H,23,26). The molecule has 0 fully saturated rings. The number of nitrogens with one attached hydrogen (secondary N) is 1. The molecule has 6 heteroatoms. The van der Waals surface area contributed by atoms with Gasteiger partial charge in [0.05, 0.1) is 23.0 Å². The maximum atomic E-state index is 12.8. The van der Waals surface area contributed by atoms with Crippen molar-refractivity contribution in [2.45, 2.75) is 19.8 Å². The minimum atomic E-state index is -0.271. The molecule has 0 saturated carbocycles. The fraction of sp³-hybridized carbons (Fsp3) is 0.190. The third kappa shape index (κ3) is 3.67. The number of hydrogen-bond donors (Lipinski definition) is 1. The van der Waals surface area contributed by atoms with E-state index >= 15 is 0 Å². The van der Waals surface area contributed by atoms with Gasteiger partial charge in [0.1, 0.15) is 5.69 Å². The van der Waals surface area contributed by atoms with Gasteiger partial charge in [0.25, 0.3) is 5.56 Å². The lowest BCUT2D eigenvalue weighted by Gasteiger charge is -2.07. The van der Waals surface area contributed by atoms with E-state index in [4.69, 9.17) is 5.26 Å². The molecule has 1 N–H and O–H groups in total. The number of carbonyl (C=O) groups is 1. The normalized spacial score (nSPS) is 10.4. The predicted molar refractivity (Wildman–Crippen MR) is 104 cm³/mol. The van der Waals surface area contributed by atoms with Gasteiger partial charge in [-0.05, 0) is 37.1 Å². The van der Waals surface area contributed by atoms with E-state index in [0.29, 0.717) is 17.7 Å². The maximum Gasteiger partial charge on any atom is 0.295 e. The molecule has 1 aromatic heterocycles. The van der Waals surface area contributed by atoms with Gasteiger partial charge in [0, 0.05) is 13.5 Å². The second-order valence-corrected chi connectivity index (χ2v) is 6.25. The third-order valence-corrected chi connectivity index (χ3v) is 4.58. The summed E-state index contributed by atoms with van der Waals surface area (Å²) in [5.74, 6) is -0.256. The van der Waals surface area contributed by atoms with E-state index in [1.807, 2.05) is 42.5 Å². The number of nitriles is 1. The molecule has 0 radical (unpaired) electrons. The van der Waals surface area contributed by atoms with Crippen LogP contribution in [0.2, 0.25) is 0 Å². The molecule has 2 aromatic carbocycles. The van der Waals surface area contributed by atoms with Crippen molar-refractivity contribution < 1.29 is 4.79 Å². The molecule has 27 heavy (non-hydrogen) atoms. The van der Waals surface area contributed by atoms with Crippen molar-refractivity contribution in [1.82, 2.24) is 9.36 Å². The van der Waals surface area contributed by atoms with Crippen LogP contribution in [0.1, 0.15) is 23.2 Å². The van der Waals surface area contributed by atoms with Gasteiger partial charge >= 0.3 is 0 Å². The fourth-order valence-electron chi connectivity index (χ4n) is 3.01. The Labute approximate surface area is 157 Å². The van der Waals surface area contributed by atoms with Crippen LogP contribution in [0, 0.1) is 18.3 Å². The van der Waals surface area contributed by atoms with Gasteiger partial charge in [-0.25, -0.2) is 4.68 Å². The highest BCUT2D eigenvalue weighted by atomic mass is 16.2. The molecule has 0 aliphatic rings. The van der Waals surface area contributed by atoms with Gasteiger partial charge in [0.15, 0.2) is 0 Å². The fourth-order valence-corrected chi connectivity index (χ4v) is 3.01. The van der Waals surface area contributed by atoms with E-state index in [1.54, 1.807) is 30.8 Å². The summed E-state index contributed by atoms with van der Waals surface area (Å²) in [6.07, 6.45) is 0.631. The Morgan fingerprint density at radius 2 is 1.78 bits per heavy atom. The highest BCUT2D eigenvalue weighted by Crippen LogP contribution is 2.15. The number of benzene rings is 2. The Hall–Kier alpha value is -3.59. The summed E-state index contributed by atoms with van der Waals surface area (Å²) in [7, 11) is 1.78. The Bertz CT molecular complexity index is 1070. The molecule has 0 bridgehead atoms. The largest absolute Gasteiger partial charge is 0.320 e. The van der Waals surface area contributed by atoms with Crippen LogP contribution in [0.5, 0.6) is 0 Å². The van der Waals surface area contributed by atoms with Crippen molar-refractivity contribution >= 4 is 11.6 Å². The van der Waals surface area contributed by atoms with E-state index in [1.165, 1.54) is 4.68 Å². The van der Waals surface area contributed by atoms with Gasteiger partial charge in [-0.2, -0.15) is 5.26 Å². The molecule has 0 atom stereocenters. The molecule has 0 spiro atoms. The summed E-state index contributed by atoms with van der Waals surface area (Å²) in [6.45, 7) is 1.79. The lowest BCUT2D eigenvalue weighted by molar-refractivity contribution is -0.116. The Kier molecular flexibility index (Phi) is 5.23. The summed E-state index contributed by atoms with van der Waals surface area (Å²) in [5.41, 5.74) is 2.80. The Morgan fingerprint density at radius 1 is 1.11 bits per heavy atom. The van der Waals surface area contributed by atoms with Gasteiger partial charge in [-0.15, -0.1) is 0 Å². The van der Waals surface area contributed by atoms with Crippen LogP contribution in [0.15, 0.2) is 59.4 Å². The van der Waals surface area contributed by atoms with Crippen molar-refractivity contribution in [2.75, 3.05) is 5.32 Å². The molecular weight excluding hydrogens is 340 g/mol. The average Bonchev–Trinajstić information content (AvgIpc) is 2.90. The second kappa shape index (κ2) is 7.75. The van der Waals surface area contributed by atoms with E-state index in [2.05, 4.69) is 11.4 Å². The number of para-hydroxylation sites is 1. The molecule has 0 unspecified atom stereocenters. The molecule has 0 aliphatic carbocycles. The van der Waals surface area contributed by atoms with Crippen molar-refractivity contribution in [2.24, 2.45) is 7.05 Å². The second-order valence-electron chi connectivity index (χ2n) is 6.25. The highest BCUT2D eigenvalue weighted by molar-refractivity contribution is 5.91. The van der Waals surface area contributed by atoms with Crippen LogP contribution in [0.25, 0.3) is 5.69 Å². The summed E-state index contributed by atoms with van der Waals surface area (Å²) in [4.78, 5) is 25.2. The first-order valence-corrected chi connectivity index (χ1v) is 8.65. The van der Waals surface area contributed by atoms with Crippen molar-refractivity contribution in [3.8, 4) is 11.8 Å². The highest BCUT2D eigenvalue weighted by Gasteiger charge is 2.18. The molecular formula is C21H20N4O2. The van der Waals surface area contributed by atoms with Crippen LogP contribution in [-0.4, -0.2) is 15.3 Å². The van der Waals surface area contributed by atoms with Crippen molar-refractivity contribution in [1.29, 1.82) is 5.26 Å². The van der Waals surface area contributed by atoms with Crippen LogP contribution >= 0.6 is 0 Å². The van der Waals surface area contributed by atoms with Gasteiger partial charge < -0.3 is 5.32 Å². The first kappa shape index (κ1) is 18.2. The molecule has 1 amide bonds. The maximum absolute atomic E-state index is 12.8. The summed E-state index contributed by atoms with van der Waals surface area (Å²) < 4.78 is 3.24. The van der Waals surface area contributed by atoms with Gasteiger partial charge in [0.2, 0.25) is 5.91 Å². The number of amides is 1. The zero-order valence-corrected chi connectivity index (χ0v) is 15.3. The first-order valence-electron chi connectivity index (χ1n) is 8.65. The topological polar surface area (TPSA) is 79.8 Å². The van der Waals surface area contributed by atoms with Crippen LogP contribution in [-0.2, 0) is 18.3 Å². The molecule has 0 saturated heterocycles. The molecule has 136 valence electrons. The number of aryl methyl sites for hydroxylation is 1. The minimum absolute atomic E-state index is 0.192. The van der Waals surface area contributed by atoms with Gasteiger partial charge in [-0.1, -0.05) is 36.4 Å². The molecule has 3 aromatic rings. The summed E-state index contributed by atoms with van der Waals surface area (Å²) in [6, 6.07) is 18.6. The molecule has 6 nitrogen and oxygen atoms in total. The Morgan fingerprint density at radius 3 is 2.48 bits per heavy atom. The quantitative estimate of drug-likeness (QED) is 0.760. The van der Waals surface area contributed by atoms with Crippen LogP contribution in [0.4, 0.5) is 5.69 Å². The third-order valence-electron chi connectivity index (χ3n) is 4.58. The number of anilines is 1. The Balaban J connectivity index is 1.79. The summed E-state index contributed by atoms with van der Waals surface area (Å²) in [5, 5.41) is 11.9. The zero-order valence-electron chi connectivity index (χ0n) is 15.3. The average molecular weight is 360 g/mol. The number of aromatic nitrogens is 2. The van der Waals surface area contributed by atoms with Crippen molar-refractivity contribution in [3.05, 3.63) is 81.8 Å². The minimum Gasteiger partial charge on any atom is -0.320 e. The zero-order chi connectivity index (χ0) is 19.4. The number of carbonyl (C=O) groups excluding carboxylic acids is 1. The van der Waals surface area contributed by atoms with E-state index in [9.17, 15) is 9.59 Å². The van der Waals surface area contributed by atoms with E-state index in [-0.39, 0.29) is 23.6 Å². The monoisotopic (exact) mass is 360 g/mol. The lowest BCUT2D eigenvalue weighted by atomic mass is 10.0.